The first-order valence-corrected chi connectivity index (χ1v) is 12.9. The predicted molar refractivity (Wildman–Crippen MR) is 134 cm³/mol. The Hall–Kier alpha value is -3.10. The van der Waals surface area contributed by atoms with E-state index in [-0.39, 0.29) is 29.4 Å². The van der Waals surface area contributed by atoms with Crippen LogP contribution in [0.15, 0.2) is 54.3 Å². The van der Waals surface area contributed by atoms with Gasteiger partial charge in [0.05, 0.1) is 23.4 Å². The van der Waals surface area contributed by atoms with Crippen LogP contribution >= 0.6 is 11.3 Å². The fraction of sp³-hybridized carbons (Fsp3) is 0.407. The molecule has 1 saturated heterocycles. The first kappa shape index (κ1) is 23.6. The third-order valence-electron chi connectivity index (χ3n) is 7.58. The number of carbonyl (C=O) groups is 2. The Morgan fingerprint density at radius 2 is 1.91 bits per heavy atom. The summed E-state index contributed by atoms with van der Waals surface area (Å²) in [4.78, 5) is 37.5. The van der Waals surface area contributed by atoms with Crippen molar-refractivity contribution >= 4 is 23.2 Å². The van der Waals surface area contributed by atoms with Gasteiger partial charge in [-0.15, -0.1) is 11.3 Å². The molecule has 0 radical (unpaired) electrons. The number of aromatic nitrogens is 2. The number of nitrogens with one attached hydrogen (secondary N) is 1. The highest BCUT2D eigenvalue weighted by Gasteiger charge is 2.54. The van der Waals surface area contributed by atoms with Crippen molar-refractivity contribution in [2.45, 2.75) is 50.2 Å². The first-order chi connectivity index (χ1) is 17.0. The van der Waals surface area contributed by atoms with E-state index in [2.05, 4.69) is 33.5 Å². The second kappa shape index (κ2) is 9.87. The van der Waals surface area contributed by atoms with Crippen molar-refractivity contribution in [3.63, 3.8) is 0 Å². The SMILES string of the molecule is CO[C@H]1[C@H](NC(=O)c2ccncc2)c2ccccc2C12CCN(C(=O)CCc1scnc1C)CC2. The molecule has 1 spiro atoms. The van der Waals surface area contributed by atoms with Gasteiger partial charge in [-0.25, -0.2) is 4.98 Å². The first-order valence-electron chi connectivity index (χ1n) is 12.0. The number of aryl methyl sites for hydroxylation is 2. The molecular formula is C27H30N4O3S. The molecule has 1 N–H and O–H groups in total. The lowest BCUT2D eigenvalue weighted by Crippen LogP contribution is -2.51. The molecule has 2 amide bonds. The zero-order valence-electron chi connectivity index (χ0n) is 20.1. The van der Waals surface area contributed by atoms with Crippen molar-refractivity contribution in [3.05, 3.63) is 81.6 Å². The monoisotopic (exact) mass is 490 g/mol. The molecule has 35 heavy (non-hydrogen) atoms. The maximum absolute atomic E-state index is 13.0. The maximum Gasteiger partial charge on any atom is 0.251 e. The highest BCUT2D eigenvalue weighted by molar-refractivity contribution is 7.09. The minimum absolute atomic E-state index is 0.141. The zero-order valence-corrected chi connectivity index (χ0v) is 20.9. The van der Waals surface area contributed by atoms with E-state index in [0.717, 1.165) is 30.5 Å². The van der Waals surface area contributed by atoms with E-state index in [4.69, 9.17) is 4.74 Å². The lowest BCUT2D eigenvalue weighted by atomic mass is 9.71. The van der Waals surface area contributed by atoms with Crippen LogP contribution in [0.2, 0.25) is 0 Å². The van der Waals surface area contributed by atoms with E-state index >= 15 is 0 Å². The molecule has 2 aliphatic rings. The number of hydrogen-bond donors (Lipinski definition) is 1. The average Bonchev–Trinajstić information content (AvgIpc) is 3.42. The number of benzene rings is 1. The van der Waals surface area contributed by atoms with Crippen LogP contribution in [0, 0.1) is 6.92 Å². The van der Waals surface area contributed by atoms with Crippen LogP contribution in [0.3, 0.4) is 0 Å². The van der Waals surface area contributed by atoms with Gasteiger partial charge in [0.2, 0.25) is 5.91 Å². The summed E-state index contributed by atoms with van der Waals surface area (Å²) in [7, 11) is 1.72. The van der Waals surface area contributed by atoms with Crippen molar-refractivity contribution in [1.82, 2.24) is 20.2 Å². The quantitative estimate of drug-likeness (QED) is 0.568. The number of fused-ring (bicyclic) bond motifs is 2. The number of likely N-dealkylation sites (tertiary alicyclic amines) is 1. The third kappa shape index (κ3) is 4.36. The number of hydrogen-bond acceptors (Lipinski definition) is 6. The molecule has 7 nitrogen and oxygen atoms in total. The Bertz CT molecular complexity index is 1200. The molecule has 8 heteroatoms. The van der Waals surface area contributed by atoms with Crippen molar-refractivity contribution in [1.29, 1.82) is 0 Å². The number of piperidine rings is 1. The number of ether oxygens (including phenoxy) is 1. The number of nitrogens with zero attached hydrogens (tertiary/aromatic N) is 3. The third-order valence-corrected chi connectivity index (χ3v) is 8.58. The van der Waals surface area contributed by atoms with Crippen molar-refractivity contribution in [2.75, 3.05) is 20.2 Å². The molecule has 0 bridgehead atoms. The van der Waals surface area contributed by atoms with Crippen molar-refractivity contribution in [2.24, 2.45) is 0 Å². The molecule has 182 valence electrons. The molecular weight excluding hydrogens is 460 g/mol. The predicted octanol–water partition coefficient (Wildman–Crippen LogP) is 3.84. The Morgan fingerprint density at radius 3 is 2.60 bits per heavy atom. The number of pyridine rings is 1. The van der Waals surface area contributed by atoms with Gasteiger partial charge in [0.15, 0.2) is 0 Å². The topological polar surface area (TPSA) is 84.4 Å². The second-order valence-electron chi connectivity index (χ2n) is 9.33. The molecule has 2 aromatic heterocycles. The minimum Gasteiger partial charge on any atom is -0.378 e. The molecule has 0 saturated carbocycles. The van der Waals surface area contributed by atoms with Crippen molar-refractivity contribution < 1.29 is 14.3 Å². The van der Waals surface area contributed by atoms with Crippen molar-refractivity contribution in [3.8, 4) is 0 Å². The molecule has 5 rings (SSSR count). The summed E-state index contributed by atoms with van der Waals surface area (Å²) in [6.07, 6.45) is 5.88. The average molecular weight is 491 g/mol. The van der Waals surface area contributed by atoms with Gasteiger partial charge in [0.25, 0.3) is 5.91 Å². The molecule has 1 fully saturated rings. The molecule has 1 aliphatic heterocycles. The summed E-state index contributed by atoms with van der Waals surface area (Å²) >= 11 is 1.62. The summed E-state index contributed by atoms with van der Waals surface area (Å²) in [5.41, 5.74) is 5.51. The highest BCUT2D eigenvalue weighted by atomic mass is 32.1. The van der Waals surface area contributed by atoms with Gasteiger partial charge in [-0.1, -0.05) is 24.3 Å². The van der Waals surface area contributed by atoms with Gasteiger partial charge in [-0.3, -0.25) is 14.6 Å². The van der Waals surface area contributed by atoms with Crippen LogP contribution in [0.1, 0.15) is 57.4 Å². The van der Waals surface area contributed by atoms with Crippen LogP contribution in [0.4, 0.5) is 0 Å². The Labute approximate surface area is 209 Å². The standard InChI is InChI=1S/C27H30N4O3S/c1-18-22(35-17-29-18)7-8-23(32)31-15-11-27(12-16-31)21-6-4-3-5-20(21)24(25(27)34-2)30-26(33)19-9-13-28-14-10-19/h3-6,9-10,13-14,17,24-25H,7-8,11-12,15-16H2,1-2H3,(H,30,33)/t24-,25+/m1/s1. The molecule has 1 aliphatic carbocycles. The lowest BCUT2D eigenvalue weighted by Gasteiger charge is -2.44. The Balaban J connectivity index is 1.32. The van der Waals surface area contributed by atoms with E-state index in [1.807, 2.05) is 23.4 Å². The maximum atomic E-state index is 13.0. The van der Waals surface area contributed by atoms with Gasteiger partial charge >= 0.3 is 0 Å². The van der Waals surface area contributed by atoms with Crippen LogP contribution < -0.4 is 5.32 Å². The molecule has 1 aromatic carbocycles. The van der Waals surface area contributed by atoms with Gasteiger partial charge in [0, 0.05) is 54.9 Å². The van der Waals surface area contributed by atoms with Crippen LogP contribution in [-0.2, 0) is 21.4 Å². The second-order valence-corrected chi connectivity index (χ2v) is 10.3. The van der Waals surface area contributed by atoms with Crippen LogP contribution in [0.25, 0.3) is 0 Å². The van der Waals surface area contributed by atoms with E-state index < -0.39 is 0 Å². The normalized spacial score (nSPS) is 20.6. The van der Waals surface area contributed by atoms with Crippen LogP contribution in [-0.4, -0.2) is 53.0 Å². The van der Waals surface area contributed by atoms with Crippen LogP contribution in [0.5, 0.6) is 0 Å². The highest BCUT2D eigenvalue weighted by Crippen LogP contribution is 2.52. The van der Waals surface area contributed by atoms with Gasteiger partial charge in [-0.2, -0.15) is 0 Å². The fourth-order valence-electron chi connectivity index (χ4n) is 5.75. The Morgan fingerprint density at radius 1 is 1.17 bits per heavy atom. The molecule has 3 heterocycles. The molecule has 3 aromatic rings. The smallest absolute Gasteiger partial charge is 0.251 e. The van der Waals surface area contributed by atoms with E-state index in [0.29, 0.717) is 25.1 Å². The lowest BCUT2D eigenvalue weighted by molar-refractivity contribution is -0.133. The van der Waals surface area contributed by atoms with Gasteiger partial charge in [-0.05, 0) is 49.4 Å². The zero-order chi connectivity index (χ0) is 24.4. The Kier molecular flexibility index (Phi) is 6.67. The minimum atomic E-state index is -0.256. The number of rotatable bonds is 6. The van der Waals surface area contributed by atoms with E-state index in [1.54, 1.807) is 43.0 Å². The molecule has 0 unspecified atom stereocenters. The number of amides is 2. The summed E-state index contributed by atoms with van der Waals surface area (Å²) in [6.45, 7) is 3.35. The fourth-order valence-corrected chi connectivity index (χ4v) is 6.53. The van der Waals surface area contributed by atoms with E-state index in [9.17, 15) is 9.59 Å². The summed E-state index contributed by atoms with van der Waals surface area (Å²) in [5.74, 6) is 0.0488. The van der Waals surface area contributed by atoms with Gasteiger partial charge < -0.3 is 15.0 Å². The number of thiazole rings is 1. The summed E-state index contributed by atoms with van der Waals surface area (Å²) in [6, 6.07) is 11.5. The number of carbonyl (C=O) groups excluding carboxylic acids is 2. The summed E-state index contributed by atoms with van der Waals surface area (Å²) in [5, 5.41) is 3.22. The van der Waals surface area contributed by atoms with E-state index in [1.165, 1.54) is 10.4 Å². The van der Waals surface area contributed by atoms with Gasteiger partial charge in [0.1, 0.15) is 0 Å². The number of methoxy groups -OCH3 is 1. The summed E-state index contributed by atoms with van der Waals surface area (Å²) < 4.78 is 6.11. The largest absolute Gasteiger partial charge is 0.378 e. The molecule has 2 atom stereocenters.